The number of benzene rings is 1. The van der Waals surface area contributed by atoms with E-state index in [0.717, 1.165) is 23.5 Å². The predicted octanol–water partition coefficient (Wildman–Crippen LogP) is 4.18. The van der Waals surface area contributed by atoms with E-state index in [2.05, 4.69) is 10.3 Å². The van der Waals surface area contributed by atoms with E-state index in [1.807, 2.05) is 24.8 Å². The first-order valence-electron chi connectivity index (χ1n) is 7.41. The second kappa shape index (κ2) is 7.23. The van der Waals surface area contributed by atoms with E-state index in [-0.39, 0.29) is 12.0 Å². The number of halogens is 1. The van der Waals surface area contributed by atoms with Crippen molar-refractivity contribution in [3.63, 3.8) is 0 Å². The number of nitrogens with zero attached hydrogens (tertiary/aromatic N) is 1. The number of thioether (sulfide) groups is 1. The van der Waals surface area contributed by atoms with Crippen molar-refractivity contribution in [2.24, 2.45) is 0 Å². The first kappa shape index (κ1) is 16.1. The molecule has 4 nitrogen and oxygen atoms in total. The predicted molar refractivity (Wildman–Crippen MR) is 94.7 cm³/mol. The summed E-state index contributed by atoms with van der Waals surface area (Å²) in [6.07, 6.45) is 2.74. The normalized spacial score (nSPS) is 17.0. The number of rotatable bonds is 4. The van der Waals surface area contributed by atoms with Gasteiger partial charge in [0.05, 0.1) is 0 Å². The van der Waals surface area contributed by atoms with Gasteiger partial charge in [0.1, 0.15) is 11.7 Å². The molecule has 1 atom stereocenters. The van der Waals surface area contributed by atoms with E-state index in [1.165, 1.54) is 0 Å². The van der Waals surface area contributed by atoms with Crippen LogP contribution in [0.4, 0.5) is 5.69 Å². The maximum absolute atomic E-state index is 12.6. The fourth-order valence-electron chi connectivity index (χ4n) is 2.35. The van der Waals surface area contributed by atoms with Crippen LogP contribution < -0.4 is 10.1 Å². The number of pyridine rings is 1. The molecule has 1 N–H and O–H groups in total. The second-order valence-corrected chi connectivity index (χ2v) is 6.88. The van der Waals surface area contributed by atoms with Crippen molar-refractivity contribution in [2.45, 2.75) is 19.4 Å². The number of carbonyl (C=O) groups excluding carboxylic acids is 1. The zero-order valence-electron chi connectivity index (χ0n) is 12.7. The first-order valence-corrected chi connectivity index (χ1v) is 8.94. The van der Waals surface area contributed by atoms with Crippen LogP contribution in [0.1, 0.15) is 22.3 Å². The van der Waals surface area contributed by atoms with Crippen molar-refractivity contribution in [1.29, 1.82) is 0 Å². The Morgan fingerprint density at radius 1 is 1.39 bits per heavy atom. The highest BCUT2D eigenvalue weighted by Gasteiger charge is 2.21. The molecule has 1 aromatic carbocycles. The molecule has 1 aromatic heterocycles. The van der Waals surface area contributed by atoms with Crippen LogP contribution in [-0.4, -0.2) is 28.5 Å². The third kappa shape index (κ3) is 3.79. The number of hydrogen-bond acceptors (Lipinski definition) is 4. The quantitative estimate of drug-likeness (QED) is 0.900. The molecule has 1 saturated heterocycles. The average Bonchev–Trinajstić information content (AvgIpc) is 3.05. The van der Waals surface area contributed by atoms with Crippen molar-refractivity contribution < 1.29 is 9.53 Å². The molecule has 1 aliphatic heterocycles. The molecular weight excluding hydrogens is 332 g/mol. The minimum atomic E-state index is -0.246. The number of carbonyl (C=O) groups is 1. The Hall–Kier alpha value is -1.72. The smallest absolute Gasteiger partial charge is 0.261 e. The molecule has 2 aromatic rings. The number of amides is 1. The standard InChI is InChI=1S/C17H17ClN2O2S/c1-11-14(18)5-2-6-15(11)20-16(21)13-4-3-8-19-17(13)22-12-7-9-23-10-12/h2-6,8,12H,7,9-10H2,1H3,(H,20,21). The van der Waals surface area contributed by atoms with Gasteiger partial charge in [-0.2, -0.15) is 11.8 Å². The Bertz CT molecular complexity index is 717. The van der Waals surface area contributed by atoms with Gasteiger partial charge in [0.15, 0.2) is 0 Å². The van der Waals surface area contributed by atoms with E-state index in [1.54, 1.807) is 30.5 Å². The summed E-state index contributed by atoms with van der Waals surface area (Å²) in [7, 11) is 0. The van der Waals surface area contributed by atoms with Crippen molar-refractivity contribution in [3.05, 3.63) is 52.7 Å². The molecule has 1 unspecified atom stereocenters. The Kier molecular flexibility index (Phi) is 5.08. The van der Waals surface area contributed by atoms with Crippen molar-refractivity contribution in [2.75, 3.05) is 16.8 Å². The fourth-order valence-corrected chi connectivity index (χ4v) is 3.62. The lowest BCUT2D eigenvalue weighted by Crippen LogP contribution is -2.20. The van der Waals surface area contributed by atoms with Gasteiger partial charge in [-0.3, -0.25) is 4.79 Å². The van der Waals surface area contributed by atoms with E-state index in [9.17, 15) is 4.79 Å². The number of hydrogen-bond donors (Lipinski definition) is 1. The van der Waals surface area contributed by atoms with Crippen LogP contribution in [0.25, 0.3) is 0 Å². The summed E-state index contributed by atoms with van der Waals surface area (Å²) in [4.78, 5) is 16.8. The molecule has 23 heavy (non-hydrogen) atoms. The van der Waals surface area contributed by atoms with E-state index in [0.29, 0.717) is 22.2 Å². The van der Waals surface area contributed by atoms with Crippen LogP contribution >= 0.6 is 23.4 Å². The van der Waals surface area contributed by atoms with E-state index in [4.69, 9.17) is 16.3 Å². The van der Waals surface area contributed by atoms with Crippen LogP contribution in [0, 0.1) is 6.92 Å². The van der Waals surface area contributed by atoms with Crippen LogP contribution in [-0.2, 0) is 0 Å². The van der Waals surface area contributed by atoms with Gasteiger partial charge in [-0.25, -0.2) is 4.98 Å². The van der Waals surface area contributed by atoms with Crippen molar-refractivity contribution in [3.8, 4) is 5.88 Å². The maximum Gasteiger partial charge on any atom is 0.261 e. The zero-order valence-corrected chi connectivity index (χ0v) is 14.3. The summed E-state index contributed by atoms with van der Waals surface area (Å²) in [6.45, 7) is 1.87. The molecule has 0 radical (unpaired) electrons. The lowest BCUT2D eigenvalue weighted by Gasteiger charge is -2.15. The molecule has 1 fully saturated rings. The summed E-state index contributed by atoms with van der Waals surface area (Å²) in [5.74, 6) is 2.16. The highest BCUT2D eigenvalue weighted by atomic mass is 35.5. The molecule has 2 heterocycles. The molecule has 120 valence electrons. The van der Waals surface area contributed by atoms with Crippen LogP contribution in [0.15, 0.2) is 36.5 Å². The van der Waals surface area contributed by atoms with Gasteiger partial charge >= 0.3 is 0 Å². The Morgan fingerprint density at radius 3 is 3.04 bits per heavy atom. The van der Waals surface area contributed by atoms with Gasteiger partial charge in [0.25, 0.3) is 5.91 Å². The molecule has 0 aliphatic carbocycles. The van der Waals surface area contributed by atoms with Crippen molar-refractivity contribution in [1.82, 2.24) is 4.98 Å². The molecule has 6 heteroatoms. The molecular formula is C17H17ClN2O2S. The SMILES string of the molecule is Cc1c(Cl)cccc1NC(=O)c1cccnc1OC1CCSC1. The molecule has 1 aliphatic rings. The Balaban J connectivity index is 1.80. The molecule has 3 rings (SSSR count). The van der Waals surface area contributed by atoms with Crippen molar-refractivity contribution >= 4 is 35.0 Å². The lowest BCUT2D eigenvalue weighted by atomic mass is 10.2. The third-order valence-corrected chi connectivity index (χ3v) is 5.24. The minimum Gasteiger partial charge on any atom is -0.473 e. The first-order chi connectivity index (χ1) is 11.1. The van der Waals surface area contributed by atoms with Gasteiger partial charge in [-0.05, 0) is 48.9 Å². The topological polar surface area (TPSA) is 51.2 Å². The fraction of sp³-hybridized carbons (Fsp3) is 0.294. The summed E-state index contributed by atoms with van der Waals surface area (Å²) in [5, 5.41) is 3.50. The summed E-state index contributed by atoms with van der Waals surface area (Å²) < 4.78 is 5.90. The Labute approximate surface area is 144 Å². The third-order valence-electron chi connectivity index (χ3n) is 3.70. The van der Waals surface area contributed by atoms with Crippen LogP contribution in [0.3, 0.4) is 0 Å². The minimum absolute atomic E-state index is 0.120. The molecule has 0 spiro atoms. The largest absolute Gasteiger partial charge is 0.473 e. The second-order valence-electron chi connectivity index (χ2n) is 5.33. The van der Waals surface area contributed by atoms with Crippen LogP contribution in [0.2, 0.25) is 5.02 Å². The van der Waals surface area contributed by atoms with E-state index < -0.39 is 0 Å². The average molecular weight is 349 g/mol. The highest BCUT2D eigenvalue weighted by molar-refractivity contribution is 7.99. The summed E-state index contributed by atoms with van der Waals surface area (Å²) in [6, 6.07) is 8.88. The number of nitrogens with one attached hydrogen (secondary N) is 1. The van der Waals surface area contributed by atoms with E-state index >= 15 is 0 Å². The van der Waals surface area contributed by atoms with Gasteiger partial charge in [0.2, 0.25) is 5.88 Å². The van der Waals surface area contributed by atoms with Crippen LogP contribution in [0.5, 0.6) is 5.88 Å². The monoisotopic (exact) mass is 348 g/mol. The lowest BCUT2D eigenvalue weighted by molar-refractivity contribution is 0.101. The summed E-state index contributed by atoms with van der Waals surface area (Å²) in [5.41, 5.74) is 1.96. The number of ether oxygens (including phenoxy) is 1. The highest BCUT2D eigenvalue weighted by Crippen LogP contribution is 2.26. The zero-order chi connectivity index (χ0) is 16.2. The number of aromatic nitrogens is 1. The summed E-state index contributed by atoms with van der Waals surface area (Å²) >= 11 is 7.95. The molecule has 0 bridgehead atoms. The van der Waals surface area contributed by atoms with Gasteiger partial charge in [-0.15, -0.1) is 0 Å². The van der Waals surface area contributed by atoms with Gasteiger partial charge in [0, 0.05) is 22.7 Å². The van der Waals surface area contributed by atoms with Gasteiger partial charge < -0.3 is 10.1 Å². The number of anilines is 1. The van der Waals surface area contributed by atoms with Gasteiger partial charge in [-0.1, -0.05) is 17.7 Å². The Morgan fingerprint density at radius 2 is 2.26 bits per heavy atom. The molecule has 0 saturated carbocycles. The maximum atomic E-state index is 12.6. The molecule has 1 amide bonds.